The minimum atomic E-state index is -4.88. The number of rotatable bonds is 3. The van der Waals surface area contributed by atoms with E-state index in [0.717, 1.165) is 6.07 Å². The first-order chi connectivity index (χ1) is 15.8. The Morgan fingerprint density at radius 2 is 1.76 bits per heavy atom. The molecule has 0 unspecified atom stereocenters. The van der Waals surface area contributed by atoms with Crippen LogP contribution in [0.15, 0.2) is 6.07 Å². The molecular weight excluding hydrogens is 470 g/mol. The van der Waals surface area contributed by atoms with Crippen molar-refractivity contribution in [3.8, 4) is 0 Å². The van der Waals surface area contributed by atoms with Crippen LogP contribution >= 0.6 is 0 Å². The fourth-order valence-electron chi connectivity index (χ4n) is 4.34. The average molecular weight is 492 g/mol. The Bertz CT molecular complexity index is 1070. The summed E-state index contributed by atoms with van der Waals surface area (Å²) in [5.41, 5.74) is -1.28. The number of alkyl halides is 6. The highest BCUT2D eigenvalue weighted by atomic mass is 19.4. The Kier molecular flexibility index (Phi) is 5.98. The zero-order valence-electron chi connectivity index (χ0n) is 18.1. The molecule has 2 aromatic rings. The lowest BCUT2D eigenvalue weighted by Crippen LogP contribution is -2.44. The van der Waals surface area contributed by atoms with Crippen molar-refractivity contribution < 1.29 is 36.2 Å². The predicted octanol–water partition coefficient (Wildman–Crippen LogP) is 3.68. The highest BCUT2D eigenvalue weighted by molar-refractivity contribution is 5.97. The predicted molar refractivity (Wildman–Crippen MR) is 107 cm³/mol. The van der Waals surface area contributed by atoms with Crippen molar-refractivity contribution >= 4 is 17.5 Å². The van der Waals surface area contributed by atoms with Crippen molar-refractivity contribution in [2.24, 2.45) is 0 Å². The fourth-order valence-corrected chi connectivity index (χ4v) is 4.34. The molecule has 0 radical (unpaired) electrons. The van der Waals surface area contributed by atoms with Crippen molar-refractivity contribution in [2.45, 2.75) is 62.9 Å². The average Bonchev–Trinajstić information content (AvgIpc) is 3.15. The van der Waals surface area contributed by atoms with Crippen LogP contribution in [0.5, 0.6) is 0 Å². The molecule has 2 aliphatic heterocycles. The van der Waals surface area contributed by atoms with E-state index >= 15 is 0 Å². The first kappa shape index (κ1) is 24.2. The zero-order chi connectivity index (χ0) is 25.0. The van der Waals surface area contributed by atoms with E-state index in [2.05, 4.69) is 25.5 Å². The quantitative estimate of drug-likeness (QED) is 0.565. The summed E-state index contributed by atoms with van der Waals surface area (Å²) < 4.78 is 81.0. The van der Waals surface area contributed by atoms with Gasteiger partial charge < -0.3 is 15.3 Å². The largest absolute Gasteiger partial charge is 0.433 e. The van der Waals surface area contributed by atoms with E-state index in [-0.39, 0.29) is 60.6 Å². The van der Waals surface area contributed by atoms with Gasteiger partial charge >= 0.3 is 12.4 Å². The number of carbonyl (C=O) groups excluding carboxylic acids is 1. The molecule has 8 nitrogen and oxygen atoms in total. The molecule has 186 valence electrons. The summed E-state index contributed by atoms with van der Waals surface area (Å²) in [4.78, 5) is 21.3. The van der Waals surface area contributed by atoms with Crippen LogP contribution in [-0.4, -0.2) is 56.5 Å². The molecular formula is C20H22F6N6O2. The van der Waals surface area contributed by atoms with Crippen molar-refractivity contribution in [3.63, 3.8) is 0 Å². The molecule has 4 rings (SSSR count). The summed E-state index contributed by atoms with van der Waals surface area (Å²) in [7, 11) is 0. The molecule has 4 heterocycles. The highest BCUT2D eigenvalue weighted by Crippen LogP contribution is 2.47. The Balaban J connectivity index is 1.59. The van der Waals surface area contributed by atoms with Crippen molar-refractivity contribution in [3.05, 3.63) is 28.8 Å². The molecule has 1 saturated heterocycles. The molecule has 0 aliphatic carbocycles. The Morgan fingerprint density at radius 1 is 1.12 bits per heavy atom. The number of fused-ring (bicyclic) bond motifs is 1. The van der Waals surface area contributed by atoms with Crippen LogP contribution < -0.4 is 10.2 Å². The van der Waals surface area contributed by atoms with Crippen LogP contribution in [0.4, 0.5) is 38.0 Å². The van der Waals surface area contributed by atoms with E-state index in [1.54, 1.807) is 18.7 Å². The van der Waals surface area contributed by atoms with Gasteiger partial charge in [-0.25, -0.2) is 9.97 Å². The van der Waals surface area contributed by atoms with Gasteiger partial charge in [-0.2, -0.15) is 31.4 Å². The van der Waals surface area contributed by atoms with Gasteiger partial charge in [0, 0.05) is 36.6 Å². The molecule has 2 aliphatic rings. The van der Waals surface area contributed by atoms with E-state index in [9.17, 15) is 36.2 Å². The van der Waals surface area contributed by atoms with Crippen LogP contribution in [0.1, 0.15) is 67.2 Å². The van der Waals surface area contributed by atoms with Crippen molar-refractivity contribution in [1.82, 2.24) is 20.2 Å². The van der Waals surface area contributed by atoms with E-state index in [1.807, 2.05) is 0 Å². The van der Waals surface area contributed by atoms with Crippen LogP contribution in [0.25, 0.3) is 0 Å². The van der Waals surface area contributed by atoms with Gasteiger partial charge in [-0.05, 0) is 12.8 Å². The Morgan fingerprint density at radius 3 is 2.32 bits per heavy atom. The molecule has 3 N–H and O–H groups in total. The van der Waals surface area contributed by atoms with E-state index < -0.39 is 41.9 Å². The molecule has 0 spiro atoms. The van der Waals surface area contributed by atoms with Gasteiger partial charge in [-0.15, -0.1) is 0 Å². The van der Waals surface area contributed by atoms with Crippen LogP contribution in [0.3, 0.4) is 0 Å². The number of carbonyl (C=O) groups is 1. The number of halogens is 6. The summed E-state index contributed by atoms with van der Waals surface area (Å²) >= 11 is 0. The van der Waals surface area contributed by atoms with Gasteiger partial charge in [-0.3, -0.25) is 9.89 Å². The molecule has 2 atom stereocenters. The number of nitrogens with zero attached hydrogens (tertiary/aromatic N) is 4. The van der Waals surface area contributed by atoms with Crippen LogP contribution in [-0.2, 0) is 11.0 Å². The third-order valence-corrected chi connectivity index (χ3v) is 6.07. The van der Waals surface area contributed by atoms with Gasteiger partial charge in [0.15, 0.2) is 0 Å². The number of nitrogens with one attached hydrogen (secondary N) is 2. The Labute approximate surface area is 189 Å². The standard InChI is InChI=1S/C20H22F6N6O2/c1-8(2)16-27-10(19(21,22)23)7-11(28-16)32-5-3-9(4-6-32)14-12-13(20(24,25)26)15(33)18(34)29-17(12)31-30-14/h7-9,13,15,33H,3-6H2,1-2H3,(H2,29,30,31,34)/t13-,15+/m1/s1. The summed E-state index contributed by atoms with van der Waals surface area (Å²) in [6.45, 7) is 3.81. The normalized spacial score (nSPS) is 22.2. The molecule has 2 aromatic heterocycles. The lowest BCUT2D eigenvalue weighted by molar-refractivity contribution is -0.177. The number of piperidine rings is 1. The SMILES string of the molecule is CC(C)c1nc(N2CCC(c3n[nH]c4c3[C@@H](C(F)(F)F)[C@H](O)C(=O)N4)CC2)cc(C(F)(F)F)n1. The number of aliphatic hydroxyl groups excluding tert-OH is 1. The number of H-pyrrole nitrogens is 1. The highest BCUT2D eigenvalue weighted by Gasteiger charge is 2.53. The molecule has 0 aromatic carbocycles. The second kappa shape index (κ2) is 8.40. The molecule has 1 amide bonds. The lowest BCUT2D eigenvalue weighted by atomic mass is 9.83. The molecule has 0 bridgehead atoms. The maximum atomic E-state index is 13.7. The molecule has 34 heavy (non-hydrogen) atoms. The monoisotopic (exact) mass is 492 g/mol. The van der Waals surface area contributed by atoms with Crippen LogP contribution in [0, 0.1) is 0 Å². The second-order valence-corrected chi connectivity index (χ2v) is 8.73. The number of amides is 1. The van der Waals surface area contributed by atoms with Gasteiger partial charge in [0.2, 0.25) is 0 Å². The summed E-state index contributed by atoms with van der Waals surface area (Å²) in [5.74, 6) is -4.46. The van der Waals surface area contributed by atoms with E-state index in [4.69, 9.17) is 0 Å². The molecule has 0 saturated carbocycles. The zero-order valence-corrected chi connectivity index (χ0v) is 18.1. The van der Waals surface area contributed by atoms with E-state index in [0.29, 0.717) is 0 Å². The maximum Gasteiger partial charge on any atom is 0.433 e. The molecule has 1 fully saturated rings. The van der Waals surface area contributed by atoms with Gasteiger partial charge in [0.1, 0.15) is 35.2 Å². The lowest BCUT2D eigenvalue weighted by Gasteiger charge is -2.35. The first-order valence-electron chi connectivity index (χ1n) is 10.6. The number of hydrogen-bond acceptors (Lipinski definition) is 6. The second-order valence-electron chi connectivity index (χ2n) is 8.73. The topological polar surface area (TPSA) is 107 Å². The number of aromatic nitrogens is 4. The number of aromatic amines is 1. The van der Waals surface area contributed by atoms with Crippen molar-refractivity contribution in [1.29, 1.82) is 0 Å². The van der Waals surface area contributed by atoms with Gasteiger partial charge in [0.05, 0.1) is 5.69 Å². The Hall–Kier alpha value is -2.90. The van der Waals surface area contributed by atoms with E-state index in [1.165, 1.54) is 0 Å². The van der Waals surface area contributed by atoms with Gasteiger partial charge in [0.25, 0.3) is 5.91 Å². The third-order valence-electron chi connectivity index (χ3n) is 6.07. The summed E-state index contributed by atoms with van der Waals surface area (Å²) in [6, 6.07) is 0.869. The number of aliphatic hydroxyl groups is 1. The summed E-state index contributed by atoms with van der Waals surface area (Å²) in [6.07, 6.45) is -11.3. The number of hydrogen-bond donors (Lipinski definition) is 3. The first-order valence-corrected chi connectivity index (χ1v) is 10.6. The van der Waals surface area contributed by atoms with Gasteiger partial charge in [-0.1, -0.05) is 13.8 Å². The maximum absolute atomic E-state index is 13.7. The minimum absolute atomic E-state index is 0.0473. The van der Waals surface area contributed by atoms with Crippen molar-refractivity contribution in [2.75, 3.05) is 23.3 Å². The molecule has 14 heteroatoms. The van der Waals surface area contributed by atoms with Crippen LogP contribution in [0.2, 0.25) is 0 Å². The minimum Gasteiger partial charge on any atom is -0.382 e. The fraction of sp³-hybridized carbons (Fsp3) is 0.600. The summed E-state index contributed by atoms with van der Waals surface area (Å²) in [5, 5.41) is 18.5. The number of anilines is 2. The smallest absolute Gasteiger partial charge is 0.382 e. The third kappa shape index (κ3) is 4.42.